The predicted octanol–water partition coefficient (Wildman–Crippen LogP) is 5.58. The number of nitrogens with one attached hydrogen (secondary N) is 1. The quantitative estimate of drug-likeness (QED) is 0.133. The molecule has 0 radical (unpaired) electrons. The van der Waals surface area contributed by atoms with Gasteiger partial charge in [-0.05, 0) is 59.5 Å². The van der Waals surface area contributed by atoms with Crippen LogP contribution in [0.1, 0.15) is 67.1 Å². The standard InChI is InChI=1S/C40H46N2O8/c1-25-37(23-42(4)22-36(46)32-9-7-10-34(45)20-32)49-40(50-38(25)30-14-12-28(24-43)13-15-30)31-18-16-29(17-19-31)35-11-6-5-8-33(35)21-41-39(47)26(2)48-27(3)44/h5-20,25-26,36-38,40,43,45-46H,21-24H2,1-4H3,(H,41,47)/t25-,26+,36-,37+,38+,40+/m1/s1. The molecule has 1 heterocycles. The zero-order valence-corrected chi connectivity index (χ0v) is 28.9. The molecule has 1 aliphatic rings. The van der Waals surface area contributed by atoms with Crippen LogP contribution in [0.4, 0.5) is 0 Å². The van der Waals surface area contributed by atoms with E-state index in [1.54, 1.807) is 24.3 Å². The highest BCUT2D eigenvalue weighted by Gasteiger charge is 2.39. The number of likely N-dealkylation sites (N-methyl/N-ethyl adjacent to an activating group) is 1. The number of phenols is 1. The van der Waals surface area contributed by atoms with E-state index < -0.39 is 24.5 Å². The van der Waals surface area contributed by atoms with Crippen molar-refractivity contribution in [3.63, 3.8) is 0 Å². The lowest BCUT2D eigenvalue weighted by atomic mass is 9.90. The second kappa shape index (κ2) is 16.9. The number of aromatic hydroxyl groups is 1. The number of carbonyl (C=O) groups is 2. The smallest absolute Gasteiger partial charge is 0.303 e. The summed E-state index contributed by atoms with van der Waals surface area (Å²) in [7, 11) is 1.93. The van der Waals surface area contributed by atoms with Gasteiger partial charge in [0, 0.05) is 38.0 Å². The summed E-state index contributed by atoms with van der Waals surface area (Å²) in [5, 5.41) is 33.2. The predicted molar refractivity (Wildman–Crippen MR) is 188 cm³/mol. The normalized spacial score (nSPS) is 20.2. The van der Waals surface area contributed by atoms with Crippen molar-refractivity contribution in [1.82, 2.24) is 10.2 Å². The zero-order chi connectivity index (χ0) is 35.8. The van der Waals surface area contributed by atoms with Gasteiger partial charge in [-0.1, -0.05) is 91.9 Å². The van der Waals surface area contributed by atoms with Crippen LogP contribution in [0.25, 0.3) is 11.1 Å². The van der Waals surface area contributed by atoms with Crippen molar-refractivity contribution >= 4 is 11.9 Å². The molecule has 0 spiro atoms. The van der Waals surface area contributed by atoms with Gasteiger partial charge in [-0.15, -0.1) is 0 Å². The Hall–Kier alpha value is -4.58. The minimum atomic E-state index is -0.888. The van der Waals surface area contributed by atoms with E-state index in [2.05, 4.69) is 12.2 Å². The van der Waals surface area contributed by atoms with E-state index in [-0.39, 0.29) is 42.9 Å². The average molecular weight is 683 g/mol. The number of ether oxygens (including phenoxy) is 3. The van der Waals surface area contributed by atoms with Crippen LogP contribution in [0.5, 0.6) is 5.75 Å². The number of nitrogens with zero attached hydrogens (tertiary/aromatic N) is 1. The molecule has 264 valence electrons. The Balaban J connectivity index is 1.34. The summed E-state index contributed by atoms with van der Waals surface area (Å²) in [5.41, 5.74) is 6.08. The van der Waals surface area contributed by atoms with Gasteiger partial charge in [0.25, 0.3) is 5.91 Å². The molecule has 5 rings (SSSR count). The summed E-state index contributed by atoms with van der Waals surface area (Å²) in [6.07, 6.45) is -2.90. The van der Waals surface area contributed by atoms with Crippen LogP contribution in [-0.4, -0.2) is 64.4 Å². The second-order valence-corrected chi connectivity index (χ2v) is 12.9. The summed E-state index contributed by atoms with van der Waals surface area (Å²) in [5.74, 6) is -0.825. The van der Waals surface area contributed by atoms with E-state index in [9.17, 15) is 24.9 Å². The van der Waals surface area contributed by atoms with Gasteiger partial charge in [0.1, 0.15) is 5.75 Å². The van der Waals surface area contributed by atoms with E-state index >= 15 is 0 Å². The molecule has 1 saturated heterocycles. The van der Waals surface area contributed by atoms with Crippen LogP contribution >= 0.6 is 0 Å². The van der Waals surface area contributed by atoms with Gasteiger partial charge in [-0.2, -0.15) is 0 Å². The highest BCUT2D eigenvalue weighted by atomic mass is 16.7. The van der Waals surface area contributed by atoms with Crippen LogP contribution in [0.15, 0.2) is 97.1 Å². The fourth-order valence-corrected chi connectivity index (χ4v) is 6.25. The summed E-state index contributed by atoms with van der Waals surface area (Å²) in [6, 6.07) is 30.1. The summed E-state index contributed by atoms with van der Waals surface area (Å²) in [6.45, 7) is 5.99. The van der Waals surface area contributed by atoms with E-state index in [4.69, 9.17) is 14.2 Å². The van der Waals surface area contributed by atoms with E-state index in [1.165, 1.54) is 13.8 Å². The van der Waals surface area contributed by atoms with Crippen LogP contribution in [0, 0.1) is 5.92 Å². The minimum absolute atomic E-state index is 0.0444. The van der Waals surface area contributed by atoms with Crippen molar-refractivity contribution < 1.29 is 39.1 Å². The highest BCUT2D eigenvalue weighted by molar-refractivity contribution is 5.83. The number of carbonyl (C=O) groups excluding carboxylic acids is 2. The van der Waals surface area contributed by atoms with Crippen LogP contribution < -0.4 is 5.32 Å². The number of rotatable bonds is 13. The maximum absolute atomic E-state index is 12.5. The third kappa shape index (κ3) is 9.35. The SMILES string of the molecule is CC(=O)O[C@@H](C)C(=O)NCc1ccccc1-c1ccc([C@H]2O[C@@H](CN(C)C[C@@H](O)c3cccc(O)c3)[C@@H](C)[C@@H](c3ccc(CO)cc3)O2)cc1. The first-order valence-corrected chi connectivity index (χ1v) is 16.8. The number of aliphatic hydroxyl groups is 2. The molecule has 1 amide bonds. The molecular formula is C40H46N2O8. The van der Waals surface area contributed by atoms with Crippen molar-refractivity contribution in [1.29, 1.82) is 0 Å². The van der Waals surface area contributed by atoms with Crippen molar-refractivity contribution in [3.8, 4) is 16.9 Å². The maximum Gasteiger partial charge on any atom is 0.303 e. The summed E-state index contributed by atoms with van der Waals surface area (Å²) >= 11 is 0. The molecule has 0 bridgehead atoms. The fourth-order valence-electron chi connectivity index (χ4n) is 6.25. The zero-order valence-electron chi connectivity index (χ0n) is 28.9. The molecule has 0 aromatic heterocycles. The van der Waals surface area contributed by atoms with E-state index in [0.29, 0.717) is 18.7 Å². The number of amides is 1. The Morgan fingerprint density at radius 2 is 1.64 bits per heavy atom. The lowest BCUT2D eigenvalue weighted by Gasteiger charge is -2.42. The number of esters is 1. The molecular weight excluding hydrogens is 636 g/mol. The molecule has 1 fully saturated rings. The lowest BCUT2D eigenvalue weighted by Crippen LogP contribution is -2.44. The van der Waals surface area contributed by atoms with Gasteiger partial charge in [0.15, 0.2) is 12.4 Å². The van der Waals surface area contributed by atoms with Crippen LogP contribution in [0.3, 0.4) is 0 Å². The van der Waals surface area contributed by atoms with Gasteiger partial charge in [0.05, 0.1) is 24.9 Å². The van der Waals surface area contributed by atoms with E-state index in [0.717, 1.165) is 33.4 Å². The average Bonchev–Trinajstić information content (AvgIpc) is 3.11. The highest BCUT2D eigenvalue weighted by Crippen LogP contribution is 2.42. The molecule has 1 aliphatic heterocycles. The second-order valence-electron chi connectivity index (χ2n) is 12.9. The van der Waals surface area contributed by atoms with Gasteiger partial charge in [-0.3, -0.25) is 9.59 Å². The van der Waals surface area contributed by atoms with Gasteiger partial charge >= 0.3 is 5.97 Å². The third-order valence-corrected chi connectivity index (χ3v) is 9.03. The first-order valence-electron chi connectivity index (χ1n) is 16.8. The molecule has 0 saturated carbocycles. The minimum Gasteiger partial charge on any atom is -0.508 e. The topological polar surface area (TPSA) is 138 Å². The maximum atomic E-state index is 12.5. The Kier molecular flexibility index (Phi) is 12.4. The largest absolute Gasteiger partial charge is 0.508 e. The van der Waals surface area contributed by atoms with Crippen molar-refractivity contribution in [2.24, 2.45) is 5.92 Å². The number of hydrogen-bond acceptors (Lipinski definition) is 9. The Morgan fingerprint density at radius 1 is 0.940 bits per heavy atom. The summed E-state index contributed by atoms with van der Waals surface area (Å²) < 4.78 is 18.3. The van der Waals surface area contributed by atoms with Crippen molar-refractivity contribution in [2.45, 2.75) is 64.6 Å². The van der Waals surface area contributed by atoms with Gasteiger partial charge < -0.3 is 39.7 Å². The van der Waals surface area contributed by atoms with E-state index in [1.807, 2.05) is 84.7 Å². The molecule has 50 heavy (non-hydrogen) atoms. The molecule has 0 aliphatic carbocycles. The van der Waals surface area contributed by atoms with Crippen molar-refractivity contribution in [2.75, 3.05) is 20.1 Å². The molecule has 4 aromatic carbocycles. The lowest BCUT2D eigenvalue weighted by molar-refractivity contribution is -0.276. The van der Waals surface area contributed by atoms with Gasteiger partial charge in [-0.25, -0.2) is 0 Å². The Morgan fingerprint density at radius 3 is 2.32 bits per heavy atom. The third-order valence-electron chi connectivity index (χ3n) is 9.03. The summed E-state index contributed by atoms with van der Waals surface area (Å²) in [4.78, 5) is 25.8. The molecule has 4 N–H and O–H groups in total. The molecule has 10 nitrogen and oxygen atoms in total. The molecule has 4 aromatic rings. The molecule has 10 heteroatoms. The Bertz CT molecular complexity index is 1730. The van der Waals surface area contributed by atoms with Gasteiger partial charge in [0.2, 0.25) is 0 Å². The van der Waals surface area contributed by atoms with Crippen LogP contribution in [0.2, 0.25) is 0 Å². The van der Waals surface area contributed by atoms with Crippen LogP contribution in [-0.2, 0) is 37.0 Å². The monoisotopic (exact) mass is 682 g/mol. The number of hydrogen-bond donors (Lipinski definition) is 4. The molecule has 6 atom stereocenters. The first-order chi connectivity index (χ1) is 24.0. The fraction of sp³-hybridized carbons (Fsp3) is 0.350. The molecule has 0 unspecified atom stereocenters. The number of benzene rings is 4. The first kappa shape index (κ1) is 36.7. The number of phenolic OH excluding ortho intramolecular Hbond substituents is 1. The number of aliphatic hydroxyl groups excluding tert-OH is 2. The Labute approximate surface area is 293 Å². The van der Waals surface area contributed by atoms with Crippen molar-refractivity contribution in [3.05, 3.63) is 125 Å².